The van der Waals surface area contributed by atoms with E-state index in [1.807, 2.05) is 42.5 Å². The number of rotatable bonds is 14. The van der Waals surface area contributed by atoms with E-state index in [0.717, 1.165) is 205 Å². The largest absolute Gasteiger partial charge is 0.456 e. The molecule has 0 saturated heterocycles. The molecule has 6 heteroatoms. The maximum Gasteiger partial charge on any atom is 0.143 e. The van der Waals surface area contributed by atoms with E-state index >= 15 is 0 Å². The fourth-order valence-corrected chi connectivity index (χ4v) is 16.1. The molecule has 108 heavy (non-hydrogen) atoms. The van der Waals surface area contributed by atoms with Gasteiger partial charge in [-0.1, -0.05) is 249 Å². The number of para-hydroxylation sites is 5. The van der Waals surface area contributed by atoms with Crippen LogP contribution in [0, 0.1) is 0 Å². The first-order valence-corrected chi connectivity index (χ1v) is 36.6. The Kier molecular flexibility index (Phi) is 14.8. The van der Waals surface area contributed by atoms with Crippen molar-refractivity contribution in [2.45, 2.75) is 0 Å². The van der Waals surface area contributed by atoms with E-state index < -0.39 is 0 Å². The van der Waals surface area contributed by atoms with Crippen molar-refractivity contribution in [3.8, 4) is 89.0 Å². The summed E-state index contributed by atoms with van der Waals surface area (Å²) in [6.45, 7) is 0. The van der Waals surface area contributed by atoms with Gasteiger partial charge in [0.25, 0.3) is 0 Å². The first-order valence-electron chi connectivity index (χ1n) is 36.6. The lowest BCUT2D eigenvalue weighted by Gasteiger charge is -2.27. The van der Waals surface area contributed by atoms with Crippen molar-refractivity contribution in [1.29, 1.82) is 0 Å². The number of nitrogens with zero attached hydrogens (tertiary/aromatic N) is 2. The van der Waals surface area contributed by atoms with E-state index in [9.17, 15) is 0 Å². The second-order valence-corrected chi connectivity index (χ2v) is 27.9. The van der Waals surface area contributed by atoms with Gasteiger partial charge in [0, 0.05) is 88.3 Å². The monoisotopic (exact) mass is 1380 g/mol. The van der Waals surface area contributed by atoms with Crippen LogP contribution in [0.1, 0.15) is 0 Å². The van der Waals surface area contributed by atoms with E-state index in [1.165, 1.54) is 5.56 Å². The summed E-state index contributed by atoms with van der Waals surface area (Å²) in [4.78, 5) is 4.72. The molecule has 0 radical (unpaired) electrons. The van der Waals surface area contributed by atoms with E-state index in [-0.39, 0.29) is 0 Å². The summed E-state index contributed by atoms with van der Waals surface area (Å²) in [5, 5.41) is 8.78. The number of benzene rings is 17. The summed E-state index contributed by atoms with van der Waals surface area (Å²) in [5.41, 5.74) is 30.8. The molecule has 0 unspecified atom stereocenters. The topological polar surface area (TPSA) is 59.0 Å². The highest BCUT2D eigenvalue weighted by atomic mass is 16.3. The van der Waals surface area contributed by atoms with Crippen LogP contribution in [0.3, 0.4) is 0 Å². The Morgan fingerprint density at radius 1 is 0.139 bits per heavy atom. The molecule has 6 nitrogen and oxygen atoms in total. The molecule has 0 aliphatic carbocycles. The van der Waals surface area contributed by atoms with E-state index in [4.69, 9.17) is 17.7 Å². The molecule has 0 fully saturated rings. The Morgan fingerprint density at radius 3 is 0.889 bits per heavy atom. The van der Waals surface area contributed by atoms with Crippen LogP contribution in [0.15, 0.2) is 406 Å². The second kappa shape index (κ2) is 25.7. The molecule has 0 bridgehead atoms. The van der Waals surface area contributed by atoms with Gasteiger partial charge < -0.3 is 27.5 Å². The van der Waals surface area contributed by atoms with Crippen LogP contribution >= 0.6 is 0 Å². The van der Waals surface area contributed by atoms with Crippen LogP contribution in [0.2, 0.25) is 0 Å². The lowest BCUT2D eigenvalue weighted by molar-refractivity contribution is 0.668. The number of fused-ring (bicyclic) bond motifs is 12. The van der Waals surface area contributed by atoms with Crippen LogP contribution in [0.25, 0.3) is 177 Å². The molecule has 0 N–H and O–H groups in total. The fourth-order valence-electron chi connectivity index (χ4n) is 16.1. The molecule has 0 saturated carbocycles. The zero-order valence-corrected chi connectivity index (χ0v) is 58.5. The Bertz CT molecular complexity index is 6990. The van der Waals surface area contributed by atoms with Gasteiger partial charge in [-0.2, -0.15) is 0 Å². The molecule has 0 atom stereocenters. The highest BCUT2D eigenvalue weighted by Crippen LogP contribution is 2.47. The van der Waals surface area contributed by atoms with Crippen molar-refractivity contribution < 1.29 is 17.7 Å². The number of hydrogen-bond donors (Lipinski definition) is 0. The highest BCUT2D eigenvalue weighted by Gasteiger charge is 2.23. The van der Waals surface area contributed by atoms with Gasteiger partial charge in [0.2, 0.25) is 0 Å². The lowest BCUT2D eigenvalue weighted by atomic mass is 9.93. The summed E-state index contributed by atoms with van der Waals surface area (Å²) in [6.07, 6.45) is 0. The van der Waals surface area contributed by atoms with Crippen LogP contribution in [-0.2, 0) is 0 Å². The Morgan fingerprint density at radius 2 is 0.426 bits per heavy atom. The van der Waals surface area contributed by atoms with Crippen molar-refractivity contribution in [2.75, 3.05) is 9.80 Å². The molecule has 0 spiro atoms. The molecule has 0 aliphatic heterocycles. The molecule has 0 aliphatic rings. The average molecular weight is 1380 g/mol. The van der Waals surface area contributed by atoms with Gasteiger partial charge in [0.1, 0.15) is 44.7 Å². The SMILES string of the molecule is c1ccc(-c2ccc(N(c3ccc(-c4ccc5oc6ccccc6c5c4)cc3)c3ccc(-c4cc(-c5ccc(-c6cc(-c7ccccc7)cc(N(c7ccc(-c8ccc9oc%10ccccc%10c9c8)cc7)c7ccc(-c8cccc9c8oc8ccccc89)cc7)c6)cc5)cc5c4oc4ccccc45)cc3)cc2)cc1. The molecular formula is C102H64N2O4. The van der Waals surface area contributed by atoms with Gasteiger partial charge in [-0.3, -0.25) is 0 Å². The Balaban J connectivity index is 0.647. The number of furan rings is 4. The minimum Gasteiger partial charge on any atom is -0.456 e. The second-order valence-electron chi connectivity index (χ2n) is 27.9. The van der Waals surface area contributed by atoms with Gasteiger partial charge in [0.15, 0.2) is 0 Å². The predicted octanol–water partition coefficient (Wildman–Crippen LogP) is 29.6. The standard InChI is InChI=1S/C102H64N2O4/c1-3-16-65(17-4-1)67-34-46-79(47-35-67)103(80-48-36-68(37-49-80)74-44-56-99-92(61-74)87-21-8-11-26-95(87)105-99)81-54-42-73(43-55-81)91-63-78(64-94-89-23-10-14-29-98(89)108-102(91)94)71-32-30-70(31-33-71)77-58-76(66-18-5-2-6-19-66)59-84(60-77)104(82-50-38-69(39-51-82)75-45-57-100-93(62-75)88-22-9-12-27-96(88)106-100)83-52-40-72(41-53-83)85-24-15-25-90-86-20-7-13-28-97(86)107-101(85)90/h1-64H. The number of hydrogen-bond acceptors (Lipinski definition) is 6. The summed E-state index contributed by atoms with van der Waals surface area (Å²) < 4.78 is 25.9. The molecule has 4 heterocycles. The maximum atomic E-state index is 6.87. The third-order valence-electron chi connectivity index (χ3n) is 21.5. The van der Waals surface area contributed by atoms with Crippen LogP contribution < -0.4 is 9.80 Å². The van der Waals surface area contributed by atoms with E-state index in [0.29, 0.717) is 0 Å². The molecule has 4 aromatic heterocycles. The fraction of sp³-hybridized carbons (Fsp3) is 0. The lowest BCUT2D eigenvalue weighted by Crippen LogP contribution is -2.10. The molecule has 17 aromatic carbocycles. The molecule has 21 rings (SSSR count). The minimum atomic E-state index is 0.848. The predicted molar refractivity (Wildman–Crippen MR) is 448 cm³/mol. The maximum absolute atomic E-state index is 6.87. The summed E-state index contributed by atoms with van der Waals surface area (Å²) in [5.74, 6) is 0. The summed E-state index contributed by atoms with van der Waals surface area (Å²) in [7, 11) is 0. The summed E-state index contributed by atoms with van der Waals surface area (Å²) in [6, 6.07) is 139. The van der Waals surface area contributed by atoms with Gasteiger partial charge in [0.05, 0.1) is 0 Å². The van der Waals surface area contributed by atoms with Gasteiger partial charge in [-0.25, -0.2) is 0 Å². The molecule has 0 amide bonds. The molecular weight excluding hydrogens is 1320 g/mol. The van der Waals surface area contributed by atoms with E-state index in [2.05, 4.69) is 356 Å². The third-order valence-corrected chi connectivity index (χ3v) is 21.5. The highest BCUT2D eigenvalue weighted by molar-refractivity contribution is 6.13. The average Bonchev–Trinajstić information content (AvgIpc) is 1.72. The van der Waals surface area contributed by atoms with Gasteiger partial charge in [-0.15, -0.1) is 0 Å². The van der Waals surface area contributed by atoms with Gasteiger partial charge >= 0.3 is 0 Å². The van der Waals surface area contributed by atoms with Crippen molar-refractivity contribution >= 4 is 122 Å². The zero-order chi connectivity index (χ0) is 71.2. The van der Waals surface area contributed by atoms with Crippen LogP contribution in [0.5, 0.6) is 0 Å². The van der Waals surface area contributed by atoms with Crippen LogP contribution in [-0.4, -0.2) is 0 Å². The molecule has 506 valence electrons. The van der Waals surface area contributed by atoms with Crippen molar-refractivity contribution in [2.24, 2.45) is 0 Å². The third kappa shape index (κ3) is 11.0. The number of anilines is 6. The van der Waals surface area contributed by atoms with Crippen molar-refractivity contribution in [3.63, 3.8) is 0 Å². The Hall–Kier alpha value is -14.5. The van der Waals surface area contributed by atoms with Crippen molar-refractivity contribution in [3.05, 3.63) is 388 Å². The first kappa shape index (κ1) is 62.1. The minimum absolute atomic E-state index is 0.848. The smallest absolute Gasteiger partial charge is 0.143 e. The van der Waals surface area contributed by atoms with Crippen molar-refractivity contribution in [1.82, 2.24) is 0 Å². The quantitative estimate of drug-likeness (QED) is 0.108. The van der Waals surface area contributed by atoms with E-state index in [1.54, 1.807) is 0 Å². The first-order chi connectivity index (χ1) is 53.5. The van der Waals surface area contributed by atoms with Crippen LogP contribution in [0.4, 0.5) is 34.1 Å². The summed E-state index contributed by atoms with van der Waals surface area (Å²) >= 11 is 0. The molecule has 21 aromatic rings. The Labute approximate surface area is 622 Å². The zero-order valence-electron chi connectivity index (χ0n) is 58.5. The normalized spacial score (nSPS) is 11.7. The van der Waals surface area contributed by atoms with Gasteiger partial charge in [-0.05, 0) is 217 Å².